The molecule has 0 saturated heterocycles. The Morgan fingerprint density at radius 3 is 2.42 bits per heavy atom. The van der Waals surface area contributed by atoms with E-state index in [1.54, 1.807) is 7.05 Å². The van der Waals surface area contributed by atoms with E-state index in [1.165, 1.54) is 0 Å². The molecule has 0 aromatic heterocycles. The van der Waals surface area contributed by atoms with E-state index in [2.05, 4.69) is 20.9 Å². The number of guanidine groups is 1. The molecule has 1 amide bonds. The second-order valence-electron chi connectivity index (χ2n) is 5.23. The van der Waals surface area contributed by atoms with Crippen LogP contribution in [0.15, 0.2) is 59.6 Å². The van der Waals surface area contributed by atoms with Crippen molar-refractivity contribution in [2.45, 2.75) is 13.5 Å². The molecule has 2 rings (SSSR count). The van der Waals surface area contributed by atoms with Crippen LogP contribution in [0.2, 0.25) is 0 Å². The quantitative estimate of drug-likeness (QED) is 0.332. The number of ether oxygens (including phenoxy) is 1. The summed E-state index contributed by atoms with van der Waals surface area (Å²) in [7, 11) is 1.67. The van der Waals surface area contributed by atoms with E-state index >= 15 is 0 Å². The first-order valence-electron chi connectivity index (χ1n) is 8.23. The van der Waals surface area contributed by atoms with Crippen molar-refractivity contribution in [1.29, 1.82) is 0 Å². The molecule has 0 aliphatic rings. The summed E-state index contributed by atoms with van der Waals surface area (Å²) in [6.07, 6.45) is 0. The van der Waals surface area contributed by atoms with Crippen LogP contribution in [0.3, 0.4) is 0 Å². The molecule has 0 heterocycles. The Morgan fingerprint density at radius 2 is 1.73 bits per heavy atom. The molecule has 26 heavy (non-hydrogen) atoms. The smallest absolute Gasteiger partial charge is 0.243 e. The molecule has 2 aromatic carbocycles. The van der Waals surface area contributed by atoms with E-state index in [9.17, 15) is 4.79 Å². The number of halogens is 1. The summed E-state index contributed by atoms with van der Waals surface area (Å²) in [5.74, 6) is 1.26. The van der Waals surface area contributed by atoms with E-state index in [0.29, 0.717) is 19.1 Å². The van der Waals surface area contributed by atoms with Gasteiger partial charge in [0, 0.05) is 24.8 Å². The van der Waals surface area contributed by atoms with Crippen LogP contribution in [0, 0.1) is 0 Å². The van der Waals surface area contributed by atoms with Crippen molar-refractivity contribution in [2.75, 3.05) is 25.5 Å². The van der Waals surface area contributed by atoms with Crippen molar-refractivity contribution in [1.82, 2.24) is 10.6 Å². The van der Waals surface area contributed by atoms with E-state index in [1.807, 2.05) is 61.5 Å². The number of anilines is 1. The van der Waals surface area contributed by atoms with Crippen LogP contribution in [0.5, 0.6) is 5.75 Å². The molecule has 2 aromatic rings. The van der Waals surface area contributed by atoms with Gasteiger partial charge in [-0.05, 0) is 25.1 Å². The molecular weight excluding hydrogens is 443 g/mol. The first-order chi connectivity index (χ1) is 12.2. The van der Waals surface area contributed by atoms with Crippen molar-refractivity contribution in [2.24, 2.45) is 4.99 Å². The number of aliphatic imine (C=N–C) groups is 1. The molecule has 0 aliphatic heterocycles. The van der Waals surface area contributed by atoms with Crippen molar-refractivity contribution >= 4 is 41.5 Å². The Hall–Kier alpha value is -2.29. The topological polar surface area (TPSA) is 74.8 Å². The van der Waals surface area contributed by atoms with Gasteiger partial charge < -0.3 is 20.7 Å². The molecule has 0 unspecified atom stereocenters. The lowest BCUT2D eigenvalue weighted by atomic mass is 10.2. The van der Waals surface area contributed by atoms with Crippen LogP contribution in [-0.4, -0.2) is 32.1 Å². The van der Waals surface area contributed by atoms with Gasteiger partial charge in [-0.1, -0.05) is 36.4 Å². The van der Waals surface area contributed by atoms with E-state index in [-0.39, 0.29) is 36.4 Å². The lowest BCUT2D eigenvalue weighted by Crippen LogP contribution is -2.41. The highest BCUT2D eigenvalue weighted by molar-refractivity contribution is 14.0. The van der Waals surface area contributed by atoms with Gasteiger partial charge in [0.25, 0.3) is 0 Å². The van der Waals surface area contributed by atoms with Gasteiger partial charge >= 0.3 is 0 Å². The molecule has 6 nitrogen and oxygen atoms in total. The average molecular weight is 468 g/mol. The van der Waals surface area contributed by atoms with Gasteiger partial charge in [0.1, 0.15) is 5.75 Å². The Labute approximate surface area is 171 Å². The van der Waals surface area contributed by atoms with Gasteiger partial charge in [-0.3, -0.25) is 9.79 Å². The summed E-state index contributed by atoms with van der Waals surface area (Å²) in [6, 6.07) is 17.2. The number of carbonyl (C=O) groups is 1. The van der Waals surface area contributed by atoms with Crippen LogP contribution >= 0.6 is 24.0 Å². The van der Waals surface area contributed by atoms with E-state index in [0.717, 1.165) is 17.0 Å². The first-order valence-corrected chi connectivity index (χ1v) is 8.23. The number of rotatable bonds is 7. The fourth-order valence-corrected chi connectivity index (χ4v) is 2.24. The number of nitrogens with one attached hydrogen (secondary N) is 3. The van der Waals surface area contributed by atoms with Gasteiger partial charge in [-0.2, -0.15) is 0 Å². The molecule has 3 N–H and O–H groups in total. The van der Waals surface area contributed by atoms with Crippen molar-refractivity contribution in [3.05, 3.63) is 60.2 Å². The van der Waals surface area contributed by atoms with Crippen LogP contribution < -0.4 is 20.7 Å². The largest absolute Gasteiger partial charge is 0.494 e. The Balaban J connectivity index is 0.00000338. The summed E-state index contributed by atoms with van der Waals surface area (Å²) in [4.78, 5) is 16.1. The second-order valence-corrected chi connectivity index (χ2v) is 5.23. The maximum Gasteiger partial charge on any atom is 0.243 e. The maximum atomic E-state index is 12.0. The van der Waals surface area contributed by atoms with E-state index < -0.39 is 0 Å². The van der Waals surface area contributed by atoms with Gasteiger partial charge in [-0.15, -0.1) is 24.0 Å². The molecule has 0 atom stereocenters. The van der Waals surface area contributed by atoms with Gasteiger partial charge in [-0.25, -0.2) is 0 Å². The fraction of sp³-hybridized carbons (Fsp3) is 0.263. The van der Waals surface area contributed by atoms with Gasteiger partial charge in [0.15, 0.2) is 5.96 Å². The molecule has 0 saturated carbocycles. The van der Waals surface area contributed by atoms with Crippen molar-refractivity contribution in [3.8, 4) is 5.75 Å². The zero-order valence-corrected chi connectivity index (χ0v) is 17.3. The maximum absolute atomic E-state index is 12.0. The highest BCUT2D eigenvalue weighted by atomic mass is 127. The Morgan fingerprint density at radius 1 is 1.04 bits per heavy atom. The van der Waals surface area contributed by atoms with Crippen LogP contribution in [-0.2, 0) is 11.3 Å². The van der Waals surface area contributed by atoms with Crippen LogP contribution in [0.25, 0.3) is 0 Å². The summed E-state index contributed by atoms with van der Waals surface area (Å²) in [6.45, 7) is 3.25. The van der Waals surface area contributed by atoms with Crippen LogP contribution in [0.4, 0.5) is 5.69 Å². The standard InChI is InChI=1S/C19H24N4O2.HI/c1-3-25-17-12-8-7-9-15(17)13-21-19(20-2)22-14-18(24)23-16-10-5-4-6-11-16;/h4-12H,3,13-14H2,1-2H3,(H,23,24)(H2,20,21,22);1H. The number of hydrogen-bond acceptors (Lipinski definition) is 3. The van der Waals surface area contributed by atoms with Crippen LogP contribution in [0.1, 0.15) is 12.5 Å². The second kappa shape index (κ2) is 12.1. The summed E-state index contributed by atoms with van der Waals surface area (Å²) < 4.78 is 5.60. The lowest BCUT2D eigenvalue weighted by molar-refractivity contribution is -0.115. The number of nitrogens with zero attached hydrogens (tertiary/aromatic N) is 1. The molecule has 0 aliphatic carbocycles. The predicted molar refractivity (Wildman–Crippen MR) is 116 cm³/mol. The third kappa shape index (κ3) is 7.30. The zero-order valence-electron chi connectivity index (χ0n) is 15.0. The molecule has 0 fully saturated rings. The highest BCUT2D eigenvalue weighted by Crippen LogP contribution is 2.17. The summed E-state index contributed by atoms with van der Waals surface area (Å²) >= 11 is 0. The number of benzene rings is 2. The lowest BCUT2D eigenvalue weighted by Gasteiger charge is -2.14. The summed E-state index contributed by atoms with van der Waals surface area (Å²) in [5.41, 5.74) is 1.80. The van der Waals surface area contributed by atoms with Gasteiger partial charge in [0.05, 0.1) is 13.2 Å². The minimum atomic E-state index is -0.135. The zero-order chi connectivity index (χ0) is 17.9. The number of amides is 1. The molecule has 140 valence electrons. The SMILES string of the molecule is CCOc1ccccc1CNC(=NC)NCC(=O)Nc1ccccc1.I. The predicted octanol–water partition coefficient (Wildman–Crippen LogP) is 3.01. The number of carbonyl (C=O) groups excluding carboxylic acids is 1. The van der Waals surface area contributed by atoms with Gasteiger partial charge in [0.2, 0.25) is 5.91 Å². The van der Waals surface area contributed by atoms with Crippen molar-refractivity contribution < 1.29 is 9.53 Å². The molecule has 0 bridgehead atoms. The number of para-hydroxylation sites is 2. The minimum Gasteiger partial charge on any atom is -0.494 e. The van der Waals surface area contributed by atoms with E-state index in [4.69, 9.17) is 4.74 Å². The third-order valence-electron chi connectivity index (χ3n) is 3.42. The minimum absolute atomic E-state index is 0. The van der Waals surface area contributed by atoms with Crippen molar-refractivity contribution in [3.63, 3.8) is 0 Å². The summed E-state index contributed by atoms with van der Waals surface area (Å²) in [5, 5.41) is 9.00. The third-order valence-corrected chi connectivity index (χ3v) is 3.42. The first kappa shape index (κ1) is 21.8. The fourth-order valence-electron chi connectivity index (χ4n) is 2.24. The normalized spacial score (nSPS) is 10.5. The Kier molecular flexibility index (Phi) is 10.1. The Bertz CT molecular complexity index is 708. The average Bonchev–Trinajstić information content (AvgIpc) is 2.64. The molecular formula is C19H25IN4O2. The molecule has 0 spiro atoms. The molecule has 7 heteroatoms. The highest BCUT2D eigenvalue weighted by Gasteiger charge is 2.06. The monoisotopic (exact) mass is 468 g/mol. The number of hydrogen-bond donors (Lipinski definition) is 3. The molecule has 0 radical (unpaired) electrons.